The van der Waals surface area contributed by atoms with Crippen LogP contribution in [0.1, 0.15) is 16.1 Å². The van der Waals surface area contributed by atoms with Crippen LogP contribution in [-0.2, 0) is 4.74 Å². The fourth-order valence-corrected chi connectivity index (χ4v) is 3.94. The largest absolute Gasteiger partial charge is 0.378 e. The Morgan fingerprint density at radius 1 is 1.08 bits per heavy atom. The van der Waals surface area contributed by atoms with Gasteiger partial charge in [-0.2, -0.15) is 16.3 Å². The van der Waals surface area contributed by atoms with Crippen molar-refractivity contribution in [3.63, 3.8) is 0 Å². The monoisotopic (exact) mass is 373 g/mol. The van der Waals surface area contributed by atoms with E-state index in [9.17, 15) is 4.79 Å². The lowest BCUT2D eigenvalue weighted by atomic mass is 10.2. The van der Waals surface area contributed by atoms with Crippen molar-refractivity contribution in [3.05, 3.63) is 34.2 Å². The van der Waals surface area contributed by atoms with Gasteiger partial charge >= 0.3 is 0 Å². The molecule has 138 valence electrons. The van der Waals surface area contributed by atoms with Gasteiger partial charge in [0.15, 0.2) is 0 Å². The van der Waals surface area contributed by atoms with E-state index in [4.69, 9.17) is 9.72 Å². The minimum absolute atomic E-state index is 0.116. The second-order valence-electron chi connectivity index (χ2n) is 6.56. The van der Waals surface area contributed by atoms with Crippen LogP contribution >= 0.6 is 11.3 Å². The van der Waals surface area contributed by atoms with Crippen LogP contribution in [0.25, 0.3) is 0 Å². The van der Waals surface area contributed by atoms with Crippen molar-refractivity contribution in [2.45, 2.75) is 6.92 Å². The molecule has 0 bridgehead atoms. The lowest BCUT2D eigenvalue weighted by Gasteiger charge is -2.35. The Kier molecular flexibility index (Phi) is 5.03. The number of hydrogen-bond donors (Lipinski definition) is 0. The molecule has 26 heavy (non-hydrogen) atoms. The molecule has 2 aliphatic rings. The number of aromatic nitrogens is 2. The van der Waals surface area contributed by atoms with Gasteiger partial charge in [-0.25, -0.2) is 4.98 Å². The van der Waals surface area contributed by atoms with Gasteiger partial charge in [-0.1, -0.05) is 0 Å². The summed E-state index contributed by atoms with van der Waals surface area (Å²) in [6.07, 6.45) is 0. The van der Waals surface area contributed by atoms with Gasteiger partial charge in [-0.3, -0.25) is 4.79 Å². The molecule has 0 spiro atoms. The Balaban J connectivity index is 1.44. The number of amides is 1. The molecule has 4 rings (SSSR count). The lowest BCUT2D eigenvalue weighted by molar-refractivity contribution is 0.0747. The number of carbonyl (C=O) groups is 1. The standard InChI is InChI=1S/C18H23N5O2S/c1-14-12-16(21-7-9-25-10-8-21)20-18(19-14)23-5-3-22(4-6-23)17(24)15-2-11-26-13-15/h2,11-13H,3-10H2,1H3. The molecule has 2 aromatic rings. The molecule has 8 heteroatoms. The van der Waals surface area contributed by atoms with E-state index >= 15 is 0 Å². The molecule has 0 aromatic carbocycles. The summed E-state index contributed by atoms with van der Waals surface area (Å²) in [6.45, 7) is 8.09. The molecular formula is C18H23N5O2S. The maximum Gasteiger partial charge on any atom is 0.254 e. The average molecular weight is 373 g/mol. The van der Waals surface area contributed by atoms with Gasteiger partial charge in [-0.05, 0) is 18.4 Å². The van der Waals surface area contributed by atoms with E-state index in [0.29, 0.717) is 13.1 Å². The number of carbonyl (C=O) groups excluding carboxylic acids is 1. The average Bonchev–Trinajstić information content (AvgIpc) is 3.22. The molecule has 0 saturated carbocycles. The molecule has 0 aliphatic carbocycles. The smallest absolute Gasteiger partial charge is 0.254 e. The molecule has 0 N–H and O–H groups in total. The molecule has 2 aromatic heterocycles. The molecule has 4 heterocycles. The fraction of sp³-hybridized carbons (Fsp3) is 0.500. The Bertz CT molecular complexity index is 753. The highest BCUT2D eigenvalue weighted by Gasteiger charge is 2.24. The van der Waals surface area contributed by atoms with Crippen LogP contribution in [0.15, 0.2) is 22.9 Å². The van der Waals surface area contributed by atoms with E-state index in [0.717, 1.165) is 62.4 Å². The van der Waals surface area contributed by atoms with E-state index in [1.54, 1.807) is 11.3 Å². The first-order valence-electron chi connectivity index (χ1n) is 8.95. The minimum atomic E-state index is 0.116. The summed E-state index contributed by atoms with van der Waals surface area (Å²) in [7, 11) is 0. The SMILES string of the molecule is Cc1cc(N2CCOCC2)nc(N2CCN(C(=O)c3ccsc3)CC2)n1. The number of rotatable bonds is 3. The molecule has 2 fully saturated rings. The summed E-state index contributed by atoms with van der Waals surface area (Å²) in [4.78, 5) is 28.2. The van der Waals surface area contributed by atoms with E-state index in [1.807, 2.05) is 34.7 Å². The number of ether oxygens (including phenoxy) is 1. The molecule has 1 amide bonds. The van der Waals surface area contributed by atoms with Gasteiger partial charge in [0, 0.05) is 56.4 Å². The maximum atomic E-state index is 12.5. The molecule has 2 saturated heterocycles. The van der Waals surface area contributed by atoms with Gasteiger partial charge in [0.1, 0.15) is 5.82 Å². The molecule has 2 aliphatic heterocycles. The number of hydrogen-bond acceptors (Lipinski definition) is 7. The van der Waals surface area contributed by atoms with Crippen molar-refractivity contribution in [1.29, 1.82) is 0 Å². The van der Waals surface area contributed by atoms with Crippen molar-refractivity contribution in [2.24, 2.45) is 0 Å². The Morgan fingerprint density at radius 2 is 1.85 bits per heavy atom. The van der Waals surface area contributed by atoms with Gasteiger partial charge in [0.25, 0.3) is 5.91 Å². The van der Waals surface area contributed by atoms with Crippen molar-refractivity contribution in [2.75, 3.05) is 62.3 Å². The minimum Gasteiger partial charge on any atom is -0.378 e. The number of anilines is 2. The molecule has 0 atom stereocenters. The van der Waals surface area contributed by atoms with Gasteiger partial charge < -0.3 is 19.4 Å². The number of piperazine rings is 1. The first-order chi connectivity index (χ1) is 12.7. The molecule has 7 nitrogen and oxygen atoms in total. The third-order valence-electron chi connectivity index (χ3n) is 4.78. The van der Waals surface area contributed by atoms with Gasteiger partial charge in [-0.15, -0.1) is 0 Å². The van der Waals surface area contributed by atoms with Crippen molar-refractivity contribution >= 4 is 29.0 Å². The van der Waals surface area contributed by atoms with Crippen molar-refractivity contribution < 1.29 is 9.53 Å². The van der Waals surface area contributed by atoms with Crippen LogP contribution in [-0.4, -0.2) is 73.3 Å². The second kappa shape index (κ2) is 7.59. The summed E-state index contributed by atoms with van der Waals surface area (Å²) in [6, 6.07) is 3.92. The lowest BCUT2D eigenvalue weighted by Crippen LogP contribution is -2.49. The summed E-state index contributed by atoms with van der Waals surface area (Å²) in [5.41, 5.74) is 1.75. The van der Waals surface area contributed by atoms with Crippen LogP contribution in [0, 0.1) is 6.92 Å². The number of aryl methyl sites for hydroxylation is 1. The van der Waals surface area contributed by atoms with E-state index in [2.05, 4.69) is 14.8 Å². The fourth-order valence-electron chi connectivity index (χ4n) is 3.31. The zero-order chi connectivity index (χ0) is 17.9. The zero-order valence-electron chi connectivity index (χ0n) is 14.9. The highest BCUT2D eigenvalue weighted by molar-refractivity contribution is 7.08. The summed E-state index contributed by atoms with van der Waals surface area (Å²) in [5.74, 6) is 1.84. The number of thiophene rings is 1. The zero-order valence-corrected chi connectivity index (χ0v) is 15.7. The third kappa shape index (κ3) is 3.66. The van der Waals surface area contributed by atoms with Gasteiger partial charge in [0.05, 0.1) is 18.8 Å². The van der Waals surface area contributed by atoms with Crippen LogP contribution in [0.5, 0.6) is 0 Å². The van der Waals surface area contributed by atoms with E-state index in [1.165, 1.54) is 0 Å². The third-order valence-corrected chi connectivity index (χ3v) is 5.47. The number of morpholine rings is 1. The molecular weight excluding hydrogens is 350 g/mol. The topological polar surface area (TPSA) is 61.8 Å². The quantitative estimate of drug-likeness (QED) is 0.815. The van der Waals surface area contributed by atoms with Crippen LogP contribution in [0.2, 0.25) is 0 Å². The number of nitrogens with zero attached hydrogens (tertiary/aromatic N) is 5. The highest BCUT2D eigenvalue weighted by Crippen LogP contribution is 2.20. The summed E-state index contributed by atoms with van der Waals surface area (Å²) < 4.78 is 5.43. The van der Waals surface area contributed by atoms with E-state index < -0.39 is 0 Å². The van der Waals surface area contributed by atoms with Crippen molar-refractivity contribution in [1.82, 2.24) is 14.9 Å². The molecule has 0 radical (unpaired) electrons. The summed E-state index contributed by atoms with van der Waals surface area (Å²) >= 11 is 1.55. The van der Waals surface area contributed by atoms with Crippen LogP contribution in [0.4, 0.5) is 11.8 Å². The summed E-state index contributed by atoms with van der Waals surface area (Å²) in [5, 5.41) is 3.85. The Hall–Kier alpha value is -2.19. The Morgan fingerprint density at radius 3 is 2.54 bits per heavy atom. The van der Waals surface area contributed by atoms with E-state index in [-0.39, 0.29) is 5.91 Å². The normalized spacial score (nSPS) is 18.3. The van der Waals surface area contributed by atoms with Crippen molar-refractivity contribution in [3.8, 4) is 0 Å². The second-order valence-corrected chi connectivity index (χ2v) is 7.34. The van der Waals surface area contributed by atoms with Crippen LogP contribution < -0.4 is 9.80 Å². The molecule has 0 unspecified atom stereocenters. The Labute approximate surface area is 157 Å². The predicted octanol–water partition coefficient (Wildman–Crippen LogP) is 1.65. The predicted molar refractivity (Wildman–Crippen MR) is 102 cm³/mol. The highest BCUT2D eigenvalue weighted by atomic mass is 32.1. The van der Waals surface area contributed by atoms with Crippen LogP contribution in [0.3, 0.4) is 0 Å². The maximum absolute atomic E-state index is 12.5. The first-order valence-corrected chi connectivity index (χ1v) is 9.90. The van der Waals surface area contributed by atoms with Gasteiger partial charge in [0.2, 0.25) is 5.95 Å². The first kappa shape index (κ1) is 17.2.